The van der Waals surface area contributed by atoms with E-state index in [2.05, 4.69) is 87.5 Å². The van der Waals surface area contributed by atoms with E-state index in [9.17, 15) is 9.90 Å². The molecule has 0 saturated carbocycles. The van der Waals surface area contributed by atoms with Crippen LogP contribution in [0, 0.1) is 0 Å². The fourth-order valence-electron chi connectivity index (χ4n) is 6.96. The number of nitrogens with zero attached hydrogens (tertiary/aromatic N) is 4. The third-order valence-electron chi connectivity index (χ3n) is 9.67. The third kappa shape index (κ3) is 11.6. The minimum absolute atomic E-state index is 0.0905. The summed E-state index contributed by atoms with van der Waals surface area (Å²) in [6, 6.07) is 27.9. The highest BCUT2D eigenvalue weighted by Crippen LogP contribution is 2.30. The summed E-state index contributed by atoms with van der Waals surface area (Å²) in [7, 11) is 0. The van der Waals surface area contributed by atoms with Gasteiger partial charge in [0.25, 0.3) is 6.47 Å². The Labute approximate surface area is 296 Å². The van der Waals surface area contributed by atoms with E-state index in [1.54, 1.807) is 0 Å². The molecule has 2 N–H and O–H groups in total. The molecule has 2 fully saturated rings. The lowest BCUT2D eigenvalue weighted by atomic mass is 10.0. The molecule has 2 aliphatic heterocycles. The first-order valence-corrected chi connectivity index (χ1v) is 18.2. The van der Waals surface area contributed by atoms with E-state index >= 15 is 0 Å². The molecule has 2 saturated heterocycles. The first-order chi connectivity index (χ1) is 24.5. The SMILES string of the molecule is O=C(O)CCc1ccc2cc(Cc3ccccc3)cc(N3CCN(CCc4ccc(OCCCN5CCCCCC5)cc4)CC3)c2n1.O=CO. The van der Waals surface area contributed by atoms with Crippen molar-refractivity contribution in [1.29, 1.82) is 0 Å². The molecule has 50 heavy (non-hydrogen) atoms. The number of aryl methyl sites for hydroxylation is 1. The smallest absolute Gasteiger partial charge is 0.303 e. The maximum Gasteiger partial charge on any atom is 0.303 e. The Hall–Kier alpha value is -4.47. The molecule has 0 bridgehead atoms. The summed E-state index contributed by atoms with van der Waals surface area (Å²) in [4.78, 5) is 32.2. The van der Waals surface area contributed by atoms with Crippen molar-refractivity contribution in [2.45, 2.75) is 57.8 Å². The van der Waals surface area contributed by atoms with Crippen molar-refractivity contribution in [3.05, 3.63) is 101 Å². The summed E-state index contributed by atoms with van der Waals surface area (Å²) in [5.41, 5.74) is 6.87. The van der Waals surface area contributed by atoms with E-state index in [4.69, 9.17) is 19.6 Å². The molecule has 0 aliphatic carbocycles. The highest BCUT2D eigenvalue weighted by Gasteiger charge is 2.20. The molecule has 3 aromatic carbocycles. The van der Waals surface area contributed by atoms with Crippen LogP contribution in [-0.4, -0.2) is 96.4 Å². The Bertz CT molecular complexity index is 1620. The van der Waals surface area contributed by atoms with Crippen LogP contribution in [0.2, 0.25) is 0 Å². The third-order valence-corrected chi connectivity index (χ3v) is 9.67. The van der Waals surface area contributed by atoms with E-state index in [1.807, 2.05) is 6.07 Å². The number of carboxylic acid groups (broad SMARTS) is 2. The summed E-state index contributed by atoms with van der Waals surface area (Å²) in [5.74, 6) is 0.180. The number of piperazine rings is 1. The fourth-order valence-corrected chi connectivity index (χ4v) is 6.96. The van der Waals surface area contributed by atoms with Crippen LogP contribution in [0.3, 0.4) is 0 Å². The minimum atomic E-state index is -0.792. The number of aliphatic carboxylic acids is 1. The van der Waals surface area contributed by atoms with Crippen molar-refractivity contribution in [2.75, 3.05) is 63.9 Å². The molecule has 0 atom stereocenters. The number of likely N-dealkylation sites (tertiary alicyclic amines) is 1. The summed E-state index contributed by atoms with van der Waals surface area (Å²) in [6.07, 6.45) is 8.96. The largest absolute Gasteiger partial charge is 0.494 e. The Morgan fingerprint density at radius 1 is 0.760 bits per heavy atom. The lowest BCUT2D eigenvalue weighted by molar-refractivity contribution is -0.137. The van der Waals surface area contributed by atoms with Crippen molar-refractivity contribution in [3.8, 4) is 5.75 Å². The van der Waals surface area contributed by atoms with Crippen LogP contribution in [-0.2, 0) is 28.9 Å². The second kappa shape index (κ2) is 19.6. The van der Waals surface area contributed by atoms with Crippen LogP contribution in [0.25, 0.3) is 10.9 Å². The van der Waals surface area contributed by atoms with Gasteiger partial charge in [-0.1, -0.05) is 61.4 Å². The van der Waals surface area contributed by atoms with Crippen LogP contribution in [0.1, 0.15) is 60.9 Å². The zero-order valence-corrected chi connectivity index (χ0v) is 29.2. The number of carbonyl (C=O) groups is 2. The number of ether oxygens (including phenoxy) is 1. The van der Waals surface area contributed by atoms with Gasteiger partial charge in [0.15, 0.2) is 0 Å². The topological polar surface area (TPSA) is 106 Å². The molecular formula is C41H52N4O5. The summed E-state index contributed by atoms with van der Waals surface area (Å²) < 4.78 is 6.06. The molecule has 1 aromatic heterocycles. The first kappa shape index (κ1) is 36.8. The zero-order valence-electron chi connectivity index (χ0n) is 29.2. The highest BCUT2D eigenvalue weighted by atomic mass is 16.5. The zero-order chi connectivity index (χ0) is 35.0. The quantitative estimate of drug-likeness (QED) is 0.113. The normalized spacial score (nSPS) is 15.6. The van der Waals surface area contributed by atoms with E-state index in [1.165, 1.54) is 55.5 Å². The number of hydrogen-bond acceptors (Lipinski definition) is 7. The number of fused-ring (bicyclic) bond motifs is 1. The summed E-state index contributed by atoms with van der Waals surface area (Å²) >= 11 is 0. The molecule has 0 spiro atoms. The second-order valence-electron chi connectivity index (χ2n) is 13.3. The Kier molecular flexibility index (Phi) is 14.5. The number of benzene rings is 3. The van der Waals surface area contributed by atoms with Gasteiger partial charge in [0.05, 0.1) is 24.2 Å². The summed E-state index contributed by atoms with van der Waals surface area (Å²) in [5, 5.41) is 17.2. The monoisotopic (exact) mass is 680 g/mol. The Morgan fingerprint density at radius 2 is 1.46 bits per heavy atom. The van der Waals surface area contributed by atoms with Crippen molar-refractivity contribution in [1.82, 2.24) is 14.8 Å². The van der Waals surface area contributed by atoms with E-state index in [-0.39, 0.29) is 12.9 Å². The maximum atomic E-state index is 11.2. The van der Waals surface area contributed by atoms with Gasteiger partial charge in [-0.25, -0.2) is 0 Å². The van der Waals surface area contributed by atoms with Crippen LogP contribution >= 0.6 is 0 Å². The van der Waals surface area contributed by atoms with Gasteiger partial charge in [-0.2, -0.15) is 0 Å². The van der Waals surface area contributed by atoms with Gasteiger partial charge in [-0.15, -0.1) is 0 Å². The van der Waals surface area contributed by atoms with Gasteiger partial charge in [-0.05, 0) is 92.2 Å². The lowest BCUT2D eigenvalue weighted by Gasteiger charge is -2.36. The molecule has 9 heteroatoms. The van der Waals surface area contributed by atoms with Crippen molar-refractivity contribution in [2.24, 2.45) is 0 Å². The number of pyridine rings is 1. The molecule has 9 nitrogen and oxygen atoms in total. The molecule has 3 heterocycles. The molecule has 0 unspecified atom stereocenters. The van der Waals surface area contributed by atoms with Gasteiger partial charge >= 0.3 is 5.97 Å². The average molecular weight is 681 g/mol. The Morgan fingerprint density at radius 3 is 2.16 bits per heavy atom. The molecule has 4 aromatic rings. The second-order valence-corrected chi connectivity index (χ2v) is 13.3. The van der Waals surface area contributed by atoms with Gasteiger partial charge in [0.1, 0.15) is 5.75 Å². The maximum absolute atomic E-state index is 11.2. The number of hydrogen-bond donors (Lipinski definition) is 2. The molecule has 6 rings (SSSR count). The van der Waals surface area contributed by atoms with Crippen LogP contribution < -0.4 is 9.64 Å². The van der Waals surface area contributed by atoms with Crippen LogP contribution in [0.4, 0.5) is 5.69 Å². The average Bonchev–Trinajstić information content (AvgIpc) is 3.42. The van der Waals surface area contributed by atoms with Gasteiger partial charge < -0.3 is 24.7 Å². The van der Waals surface area contributed by atoms with Gasteiger partial charge in [0.2, 0.25) is 0 Å². The molecule has 0 amide bonds. The van der Waals surface area contributed by atoms with E-state index < -0.39 is 5.97 Å². The standard InChI is InChI=1S/C40H50N4O3.CH2O2/c45-39(46)18-15-36-14-13-35-30-34(29-33-9-4-3-5-10-33)31-38(40(35)41-36)44-26-24-43(25-27-44)23-19-32-11-16-37(17-12-32)47-28-8-22-42-20-6-1-2-7-21-42;2-1-3/h3-5,9-14,16-17,30-31H,1-2,6-8,15,18-29H2,(H,45,46);1H,(H,2,3). The van der Waals surface area contributed by atoms with Gasteiger partial charge in [0, 0.05) is 56.8 Å². The van der Waals surface area contributed by atoms with Crippen molar-refractivity contribution < 1.29 is 24.5 Å². The predicted molar refractivity (Wildman–Crippen MR) is 199 cm³/mol. The Balaban J connectivity index is 0.00000156. The number of rotatable bonds is 14. The number of anilines is 1. The molecule has 2 aliphatic rings. The predicted octanol–water partition coefficient (Wildman–Crippen LogP) is 6.55. The lowest BCUT2D eigenvalue weighted by Crippen LogP contribution is -2.47. The summed E-state index contributed by atoms with van der Waals surface area (Å²) in [6.45, 7) is 9.09. The number of aromatic nitrogens is 1. The van der Waals surface area contributed by atoms with Crippen LogP contribution in [0.5, 0.6) is 5.75 Å². The van der Waals surface area contributed by atoms with Crippen molar-refractivity contribution >= 4 is 29.0 Å². The minimum Gasteiger partial charge on any atom is -0.494 e. The van der Waals surface area contributed by atoms with Crippen molar-refractivity contribution in [3.63, 3.8) is 0 Å². The highest BCUT2D eigenvalue weighted by molar-refractivity contribution is 5.92. The van der Waals surface area contributed by atoms with Crippen LogP contribution in [0.15, 0.2) is 78.9 Å². The molecule has 266 valence electrons. The van der Waals surface area contributed by atoms with E-state index in [0.717, 1.165) is 93.2 Å². The van der Waals surface area contributed by atoms with Gasteiger partial charge in [-0.3, -0.25) is 19.5 Å². The fraction of sp³-hybridized carbons (Fsp3) is 0.439. The first-order valence-electron chi connectivity index (χ1n) is 18.2. The number of carboxylic acids is 1. The molecular weight excluding hydrogens is 628 g/mol. The van der Waals surface area contributed by atoms with E-state index in [0.29, 0.717) is 6.42 Å². The molecule has 0 radical (unpaired) electrons.